The fraction of sp³-hybridized carbons (Fsp3) is 0.273. The number of hydrogen-bond acceptors (Lipinski definition) is 3. The molecule has 1 amide bonds. The van der Waals surface area contributed by atoms with Crippen LogP contribution in [0, 0.1) is 6.92 Å². The van der Waals surface area contributed by atoms with Crippen molar-refractivity contribution in [2.75, 3.05) is 13.2 Å². The minimum Gasteiger partial charge on any atom is -0.476 e. The molecule has 1 aliphatic heterocycles. The summed E-state index contributed by atoms with van der Waals surface area (Å²) in [5.74, 6) is 0.678. The largest absolute Gasteiger partial charge is 0.476 e. The van der Waals surface area contributed by atoms with Gasteiger partial charge in [0.05, 0.1) is 18.6 Å². The Labute approximate surface area is 153 Å². The first-order valence-corrected chi connectivity index (χ1v) is 9.06. The zero-order valence-electron chi connectivity index (χ0n) is 15.2. The third-order valence-electron chi connectivity index (χ3n) is 4.94. The Balaban J connectivity index is 1.65. The lowest BCUT2D eigenvalue weighted by atomic mass is 10.1. The molecule has 0 spiro atoms. The summed E-state index contributed by atoms with van der Waals surface area (Å²) >= 11 is 0. The number of aryl methyl sites for hydroxylation is 2. The number of benzene rings is 2. The molecule has 0 atom stereocenters. The van der Waals surface area contributed by atoms with Gasteiger partial charge in [-0.3, -0.25) is 4.79 Å². The van der Waals surface area contributed by atoms with Crippen molar-refractivity contribution >= 4 is 16.8 Å². The highest BCUT2D eigenvalue weighted by molar-refractivity contribution is 5.94. The number of aromatic nitrogens is 1. The summed E-state index contributed by atoms with van der Waals surface area (Å²) in [5, 5.41) is 1.08. The topological polar surface area (TPSA) is 42.4 Å². The van der Waals surface area contributed by atoms with E-state index in [9.17, 15) is 4.79 Å². The van der Waals surface area contributed by atoms with Gasteiger partial charge < -0.3 is 9.64 Å². The van der Waals surface area contributed by atoms with E-state index >= 15 is 0 Å². The Hall–Kier alpha value is -2.88. The van der Waals surface area contributed by atoms with Crippen LogP contribution in [0.25, 0.3) is 10.9 Å². The van der Waals surface area contributed by atoms with Crippen LogP contribution in [0.4, 0.5) is 0 Å². The standard InChI is InChI=1S/C22H22N2O2/c1-3-16-7-9-17(10-8-16)22(25)24-11-12-26-21-19(14-24)13-18-6-4-5-15(2)20(18)23-21/h4-10,13H,3,11-12,14H2,1-2H3. The van der Waals surface area contributed by atoms with E-state index in [4.69, 9.17) is 9.72 Å². The molecule has 1 aromatic heterocycles. The van der Waals surface area contributed by atoms with Crippen molar-refractivity contribution < 1.29 is 9.53 Å². The molecule has 4 heteroatoms. The number of amides is 1. The molecule has 2 aromatic carbocycles. The maximum absolute atomic E-state index is 12.9. The van der Waals surface area contributed by atoms with Crippen molar-refractivity contribution in [3.63, 3.8) is 0 Å². The highest BCUT2D eigenvalue weighted by Gasteiger charge is 2.22. The molecule has 26 heavy (non-hydrogen) atoms. The quantitative estimate of drug-likeness (QED) is 0.700. The summed E-state index contributed by atoms with van der Waals surface area (Å²) in [6.07, 6.45) is 0.970. The Morgan fingerprint density at radius 2 is 2.00 bits per heavy atom. The van der Waals surface area contributed by atoms with Crippen LogP contribution >= 0.6 is 0 Å². The molecule has 3 aromatic rings. The second kappa shape index (κ2) is 6.79. The maximum atomic E-state index is 12.9. The van der Waals surface area contributed by atoms with Gasteiger partial charge >= 0.3 is 0 Å². The van der Waals surface area contributed by atoms with E-state index in [2.05, 4.69) is 19.1 Å². The minimum absolute atomic E-state index is 0.0356. The fourth-order valence-electron chi connectivity index (χ4n) is 3.39. The molecule has 0 fully saturated rings. The number of ether oxygens (including phenoxy) is 1. The summed E-state index contributed by atoms with van der Waals surface area (Å²) in [7, 11) is 0. The Morgan fingerprint density at radius 1 is 1.19 bits per heavy atom. The number of carbonyl (C=O) groups is 1. The Morgan fingerprint density at radius 3 is 2.77 bits per heavy atom. The molecule has 0 saturated heterocycles. The summed E-state index contributed by atoms with van der Waals surface area (Å²) in [6, 6.07) is 16.1. The van der Waals surface area contributed by atoms with E-state index in [-0.39, 0.29) is 5.91 Å². The Bertz CT molecular complexity index is 964. The molecular formula is C22H22N2O2. The van der Waals surface area contributed by atoms with E-state index in [1.165, 1.54) is 5.56 Å². The average Bonchev–Trinajstić information content (AvgIpc) is 2.88. The van der Waals surface area contributed by atoms with Crippen molar-refractivity contribution in [3.05, 3.63) is 70.8 Å². The second-order valence-corrected chi connectivity index (χ2v) is 6.72. The first-order chi connectivity index (χ1) is 12.7. The zero-order valence-corrected chi connectivity index (χ0v) is 15.2. The number of para-hydroxylation sites is 1. The smallest absolute Gasteiger partial charge is 0.254 e. The lowest BCUT2D eigenvalue weighted by Crippen LogP contribution is -2.32. The first-order valence-electron chi connectivity index (χ1n) is 9.06. The lowest BCUT2D eigenvalue weighted by Gasteiger charge is -2.20. The van der Waals surface area contributed by atoms with E-state index in [1.54, 1.807) is 0 Å². The average molecular weight is 346 g/mol. The van der Waals surface area contributed by atoms with Crippen molar-refractivity contribution in [2.45, 2.75) is 26.8 Å². The highest BCUT2D eigenvalue weighted by Crippen LogP contribution is 2.27. The van der Waals surface area contributed by atoms with Crippen LogP contribution in [0.5, 0.6) is 5.88 Å². The van der Waals surface area contributed by atoms with Crippen molar-refractivity contribution in [2.24, 2.45) is 0 Å². The van der Waals surface area contributed by atoms with Gasteiger partial charge in [0.2, 0.25) is 5.88 Å². The molecule has 1 aliphatic rings. The monoisotopic (exact) mass is 346 g/mol. The van der Waals surface area contributed by atoms with Gasteiger partial charge in [-0.25, -0.2) is 4.98 Å². The predicted molar refractivity (Wildman–Crippen MR) is 103 cm³/mol. The molecule has 0 aliphatic carbocycles. The molecule has 0 N–H and O–H groups in total. The summed E-state index contributed by atoms with van der Waals surface area (Å²) < 4.78 is 5.86. The van der Waals surface area contributed by atoms with Gasteiger partial charge in [0, 0.05) is 16.5 Å². The van der Waals surface area contributed by atoms with E-state index in [0.29, 0.717) is 25.6 Å². The number of fused-ring (bicyclic) bond motifs is 2. The first kappa shape index (κ1) is 16.6. The van der Waals surface area contributed by atoms with Crippen LogP contribution in [0.3, 0.4) is 0 Å². The second-order valence-electron chi connectivity index (χ2n) is 6.72. The minimum atomic E-state index is 0.0356. The molecule has 4 nitrogen and oxygen atoms in total. The molecule has 4 rings (SSSR count). The van der Waals surface area contributed by atoms with Gasteiger partial charge in [0.15, 0.2) is 0 Å². The zero-order chi connectivity index (χ0) is 18.1. The van der Waals surface area contributed by atoms with Crippen LogP contribution in [0.2, 0.25) is 0 Å². The summed E-state index contributed by atoms with van der Waals surface area (Å²) in [4.78, 5) is 19.5. The summed E-state index contributed by atoms with van der Waals surface area (Å²) in [6.45, 7) is 5.68. The predicted octanol–water partition coefficient (Wildman–Crippen LogP) is 4.14. The number of nitrogens with zero attached hydrogens (tertiary/aromatic N) is 2. The van der Waals surface area contributed by atoms with Crippen LogP contribution in [-0.4, -0.2) is 28.9 Å². The molecule has 2 heterocycles. The van der Waals surface area contributed by atoms with Gasteiger partial charge in [-0.2, -0.15) is 0 Å². The number of rotatable bonds is 2. The lowest BCUT2D eigenvalue weighted by molar-refractivity contribution is 0.0733. The molecule has 0 bridgehead atoms. The SMILES string of the molecule is CCc1ccc(C(=O)N2CCOc3nc4c(C)cccc4cc3C2)cc1. The van der Waals surface area contributed by atoms with E-state index in [0.717, 1.165) is 34.0 Å². The van der Waals surface area contributed by atoms with Gasteiger partial charge in [-0.1, -0.05) is 37.3 Å². The molecule has 0 radical (unpaired) electrons. The van der Waals surface area contributed by atoms with Gasteiger partial charge in [-0.05, 0) is 42.7 Å². The third-order valence-corrected chi connectivity index (χ3v) is 4.94. The van der Waals surface area contributed by atoms with Gasteiger partial charge in [-0.15, -0.1) is 0 Å². The van der Waals surface area contributed by atoms with Crippen molar-refractivity contribution in [1.82, 2.24) is 9.88 Å². The molecule has 132 valence electrons. The maximum Gasteiger partial charge on any atom is 0.254 e. The molecule has 0 unspecified atom stereocenters. The number of carbonyl (C=O) groups excluding carboxylic acids is 1. The van der Waals surface area contributed by atoms with Crippen LogP contribution < -0.4 is 4.74 Å². The molecule has 0 saturated carbocycles. The van der Waals surface area contributed by atoms with E-state index in [1.807, 2.05) is 48.2 Å². The summed E-state index contributed by atoms with van der Waals surface area (Å²) in [5.41, 5.74) is 5.00. The Kier molecular flexibility index (Phi) is 4.33. The fourth-order valence-corrected chi connectivity index (χ4v) is 3.39. The number of pyridine rings is 1. The van der Waals surface area contributed by atoms with Crippen molar-refractivity contribution in [1.29, 1.82) is 0 Å². The highest BCUT2D eigenvalue weighted by atomic mass is 16.5. The van der Waals surface area contributed by atoms with Crippen molar-refractivity contribution in [3.8, 4) is 5.88 Å². The van der Waals surface area contributed by atoms with Gasteiger partial charge in [0.1, 0.15) is 6.61 Å². The number of hydrogen-bond donors (Lipinski definition) is 0. The normalized spacial score (nSPS) is 13.8. The van der Waals surface area contributed by atoms with Crippen LogP contribution in [0.1, 0.15) is 34.0 Å². The van der Waals surface area contributed by atoms with Crippen LogP contribution in [0.15, 0.2) is 48.5 Å². The third kappa shape index (κ3) is 3.03. The molecular weight excluding hydrogens is 324 g/mol. The van der Waals surface area contributed by atoms with Gasteiger partial charge in [0.25, 0.3) is 5.91 Å². The van der Waals surface area contributed by atoms with E-state index < -0.39 is 0 Å². The van der Waals surface area contributed by atoms with Crippen LogP contribution in [-0.2, 0) is 13.0 Å².